The molecular formula is C20H22N6O2. The van der Waals surface area contributed by atoms with Crippen LogP contribution in [0.2, 0.25) is 0 Å². The summed E-state index contributed by atoms with van der Waals surface area (Å²) in [7, 11) is 0. The molecule has 1 amide bonds. The lowest BCUT2D eigenvalue weighted by Crippen LogP contribution is -2.49. The van der Waals surface area contributed by atoms with Gasteiger partial charge in [0.15, 0.2) is 11.6 Å². The predicted octanol–water partition coefficient (Wildman–Crippen LogP) is 2.79. The third-order valence-corrected chi connectivity index (χ3v) is 4.77. The Morgan fingerprint density at radius 1 is 1.14 bits per heavy atom. The number of rotatable bonds is 4. The van der Waals surface area contributed by atoms with E-state index in [1.807, 2.05) is 11.0 Å². The van der Waals surface area contributed by atoms with Crippen molar-refractivity contribution in [1.29, 1.82) is 0 Å². The molecule has 8 heteroatoms. The standard InChI is InChI=1S/C20H22N6O2/c1-14-5-6-16(15(2)12-14)22-18-13-21-24-20(23-18)26-9-7-25(8-10-26)19(27)17-4-3-11-28-17/h3-6,11-13H,7-10H2,1-2H3,(H,22,23,24). The van der Waals surface area contributed by atoms with Crippen LogP contribution >= 0.6 is 0 Å². The van der Waals surface area contributed by atoms with Gasteiger partial charge < -0.3 is 19.5 Å². The molecule has 0 unspecified atom stereocenters. The van der Waals surface area contributed by atoms with Crippen LogP contribution in [0.4, 0.5) is 17.5 Å². The number of aromatic nitrogens is 3. The fourth-order valence-electron chi connectivity index (χ4n) is 3.25. The second-order valence-electron chi connectivity index (χ2n) is 6.84. The number of aryl methyl sites for hydroxylation is 2. The Hall–Kier alpha value is -3.42. The highest BCUT2D eigenvalue weighted by atomic mass is 16.3. The molecule has 28 heavy (non-hydrogen) atoms. The Bertz CT molecular complexity index is 965. The van der Waals surface area contributed by atoms with Gasteiger partial charge in [-0.3, -0.25) is 4.79 Å². The van der Waals surface area contributed by atoms with Crippen molar-refractivity contribution in [3.05, 3.63) is 59.7 Å². The average molecular weight is 378 g/mol. The van der Waals surface area contributed by atoms with Crippen LogP contribution in [0, 0.1) is 13.8 Å². The van der Waals surface area contributed by atoms with Gasteiger partial charge in [-0.05, 0) is 37.6 Å². The Morgan fingerprint density at radius 2 is 1.96 bits per heavy atom. The lowest BCUT2D eigenvalue weighted by molar-refractivity contribution is 0.0714. The molecule has 1 aromatic carbocycles. The van der Waals surface area contributed by atoms with Crippen LogP contribution < -0.4 is 10.2 Å². The highest BCUT2D eigenvalue weighted by Crippen LogP contribution is 2.21. The molecule has 2 aromatic heterocycles. The van der Waals surface area contributed by atoms with Gasteiger partial charge in [0.05, 0.1) is 12.5 Å². The van der Waals surface area contributed by atoms with Crippen molar-refractivity contribution in [3.63, 3.8) is 0 Å². The van der Waals surface area contributed by atoms with E-state index < -0.39 is 0 Å². The SMILES string of the molecule is Cc1ccc(Nc2cnnc(N3CCN(C(=O)c4ccco4)CC3)n2)c(C)c1. The number of nitrogens with zero attached hydrogens (tertiary/aromatic N) is 5. The highest BCUT2D eigenvalue weighted by Gasteiger charge is 2.25. The summed E-state index contributed by atoms with van der Waals surface area (Å²) in [6, 6.07) is 9.61. The normalized spacial score (nSPS) is 14.2. The molecule has 1 N–H and O–H groups in total. The maximum atomic E-state index is 12.4. The van der Waals surface area contributed by atoms with E-state index in [1.165, 1.54) is 11.8 Å². The molecule has 1 saturated heterocycles. The molecular weight excluding hydrogens is 356 g/mol. The number of carbonyl (C=O) groups excluding carboxylic acids is 1. The second kappa shape index (κ2) is 7.67. The number of piperazine rings is 1. The smallest absolute Gasteiger partial charge is 0.289 e. The van der Waals surface area contributed by atoms with Crippen LogP contribution in [0.3, 0.4) is 0 Å². The van der Waals surface area contributed by atoms with Crippen molar-refractivity contribution in [2.24, 2.45) is 0 Å². The Balaban J connectivity index is 1.42. The van der Waals surface area contributed by atoms with Crippen molar-refractivity contribution in [2.75, 3.05) is 36.4 Å². The lowest BCUT2D eigenvalue weighted by Gasteiger charge is -2.34. The first kappa shape index (κ1) is 18.0. The summed E-state index contributed by atoms with van der Waals surface area (Å²) in [6.45, 7) is 6.56. The average Bonchev–Trinajstić information content (AvgIpc) is 3.25. The molecule has 0 radical (unpaired) electrons. The van der Waals surface area contributed by atoms with E-state index in [0.717, 1.165) is 11.3 Å². The predicted molar refractivity (Wildman–Crippen MR) is 106 cm³/mol. The Labute approximate surface area is 163 Å². The number of nitrogens with one attached hydrogen (secondary N) is 1. The van der Waals surface area contributed by atoms with Gasteiger partial charge in [0, 0.05) is 31.9 Å². The summed E-state index contributed by atoms with van der Waals surface area (Å²) in [5.74, 6) is 1.48. The van der Waals surface area contributed by atoms with Gasteiger partial charge >= 0.3 is 0 Å². The highest BCUT2D eigenvalue weighted by molar-refractivity contribution is 5.91. The van der Waals surface area contributed by atoms with E-state index in [2.05, 4.69) is 46.5 Å². The number of anilines is 3. The topological polar surface area (TPSA) is 87.4 Å². The zero-order chi connectivity index (χ0) is 19.5. The number of benzene rings is 1. The summed E-state index contributed by atoms with van der Waals surface area (Å²) in [4.78, 5) is 20.8. The quantitative estimate of drug-likeness (QED) is 0.747. The summed E-state index contributed by atoms with van der Waals surface area (Å²) < 4.78 is 5.20. The Kier molecular flexibility index (Phi) is 4.92. The maximum Gasteiger partial charge on any atom is 0.289 e. The first-order chi connectivity index (χ1) is 13.6. The van der Waals surface area contributed by atoms with Crippen molar-refractivity contribution in [2.45, 2.75) is 13.8 Å². The first-order valence-corrected chi connectivity index (χ1v) is 9.22. The van der Waals surface area contributed by atoms with Crippen molar-refractivity contribution >= 4 is 23.4 Å². The van der Waals surface area contributed by atoms with Gasteiger partial charge in [0.25, 0.3) is 5.91 Å². The summed E-state index contributed by atoms with van der Waals surface area (Å²) in [6.07, 6.45) is 3.12. The maximum absolute atomic E-state index is 12.4. The molecule has 8 nitrogen and oxygen atoms in total. The number of carbonyl (C=O) groups is 1. The number of hydrogen-bond donors (Lipinski definition) is 1. The molecule has 0 bridgehead atoms. The molecule has 3 aromatic rings. The minimum absolute atomic E-state index is 0.0889. The minimum atomic E-state index is -0.0889. The fourth-order valence-corrected chi connectivity index (χ4v) is 3.25. The van der Waals surface area contributed by atoms with Crippen LogP contribution in [-0.2, 0) is 0 Å². The van der Waals surface area contributed by atoms with E-state index in [4.69, 9.17) is 4.42 Å². The van der Waals surface area contributed by atoms with Gasteiger partial charge in [-0.1, -0.05) is 17.7 Å². The van der Waals surface area contributed by atoms with Crippen LogP contribution in [-0.4, -0.2) is 52.2 Å². The van der Waals surface area contributed by atoms with E-state index in [9.17, 15) is 4.79 Å². The Morgan fingerprint density at radius 3 is 2.68 bits per heavy atom. The van der Waals surface area contributed by atoms with Crippen LogP contribution in [0.25, 0.3) is 0 Å². The van der Waals surface area contributed by atoms with E-state index in [0.29, 0.717) is 43.7 Å². The zero-order valence-electron chi connectivity index (χ0n) is 15.9. The van der Waals surface area contributed by atoms with Gasteiger partial charge in [-0.2, -0.15) is 10.1 Å². The third-order valence-electron chi connectivity index (χ3n) is 4.77. The summed E-state index contributed by atoms with van der Waals surface area (Å²) >= 11 is 0. The number of hydrogen-bond acceptors (Lipinski definition) is 7. The van der Waals surface area contributed by atoms with Gasteiger partial charge in [-0.25, -0.2) is 0 Å². The zero-order valence-corrected chi connectivity index (χ0v) is 15.9. The second-order valence-corrected chi connectivity index (χ2v) is 6.84. The monoisotopic (exact) mass is 378 g/mol. The molecule has 4 rings (SSSR count). The van der Waals surface area contributed by atoms with Crippen molar-refractivity contribution in [1.82, 2.24) is 20.1 Å². The van der Waals surface area contributed by atoms with Gasteiger partial charge in [0.2, 0.25) is 5.95 Å². The van der Waals surface area contributed by atoms with Gasteiger partial charge in [0.1, 0.15) is 0 Å². The van der Waals surface area contributed by atoms with Crippen LogP contribution in [0.15, 0.2) is 47.2 Å². The first-order valence-electron chi connectivity index (χ1n) is 9.22. The lowest BCUT2D eigenvalue weighted by atomic mass is 10.1. The van der Waals surface area contributed by atoms with E-state index >= 15 is 0 Å². The summed E-state index contributed by atoms with van der Waals surface area (Å²) in [5, 5.41) is 11.6. The van der Waals surface area contributed by atoms with E-state index in [1.54, 1.807) is 23.2 Å². The summed E-state index contributed by atoms with van der Waals surface area (Å²) in [5.41, 5.74) is 3.35. The van der Waals surface area contributed by atoms with Crippen molar-refractivity contribution < 1.29 is 9.21 Å². The van der Waals surface area contributed by atoms with E-state index in [-0.39, 0.29) is 5.91 Å². The number of amides is 1. The van der Waals surface area contributed by atoms with Crippen LogP contribution in [0.5, 0.6) is 0 Å². The molecule has 1 aliphatic rings. The molecule has 144 valence electrons. The fraction of sp³-hybridized carbons (Fsp3) is 0.300. The molecule has 0 atom stereocenters. The molecule has 1 aliphatic heterocycles. The molecule has 1 fully saturated rings. The molecule has 3 heterocycles. The largest absolute Gasteiger partial charge is 0.459 e. The minimum Gasteiger partial charge on any atom is -0.459 e. The van der Waals surface area contributed by atoms with Gasteiger partial charge in [-0.15, -0.1) is 5.10 Å². The molecule has 0 spiro atoms. The third kappa shape index (κ3) is 3.80. The van der Waals surface area contributed by atoms with Crippen molar-refractivity contribution in [3.8, 4) is 0 Å². The molecule has 0 saturated carbocycles. The number of furan rings is 1. The molecule has 0 aliphatic carbocycles. The van der Waals surface area contributed by atoms with Crippen LogP contribution in [0.1, 0.15) is 21.7 Å².